The van der Waals surface area contributed by atoms with Crippen molar-refractivity contribution < 1.29 is 9.90 Å². The molecule has 0 aromatic carbocycles. The summed E-state index contributed by atoms with van der Waals surface area (Å²) in [4.78, 5) is 12.8. The number of hydrogen-bond acceptors (Lipinski definition) is 2. The molecule has 3 aliphatic rings. The lowest BCUT2D eigenvalue weighted by atomic mass is 9.55. The Bertz CT molecular complexity index is 530. The van der Waals surface area contributed by atoms with Crippen LogP contribution in [0, 0.1) is 23.7 Å². The molecule has 0 radical (unpaired) electrons. The first-order valence-corrected chi connectivity index (χ1v) is 8.45. The third-order valence-corrected chi connectivity index (χ3v) is 5.38. The number of ketones is 1. The van der Waals surface area contributed by atoms with Gasteiger partial charge in [0.1, 0.15) is 5.60 Å². The maximum absolute atomic E-state index is 12.8. The molecule has 22 heavy (non-hydrogen) atoms. The van der Waals surface area contributed by atoms with Gasteiger partial charge in [-0.3, -0.25) is 4.79 Å². The van der Waals surface area contributed by atoms with E-state index in [1.807, 2.05) is 0 Å². The highest BCUT2D eigenvalue weighted by molar-refractivity contribution is 5.94. The number of carbonyl (C=O) groups excluding carboxylic acids is 1. The first-order chi connectivity index (χ1) is 10.2. The van der Waals surface area contributed by atoms with Crippen molar-refractivity contribution in [3.8, 4) is 0 Å². The summed E-state index contributed by atoms with van der Waals surface area (Å²) in [5.41, 5.74) is 2.50. The van der Waals surface area contributed by atoms with Gasteiger partial charge >= 0.3 is 0 Å². The number of hydrogen-bond donors (Lipinski definition) is 1. The van der Waals surface area contributed by atoms with Gasteiger partial charge in [-0.25, -0.2) is 0 Å². The molecule has 0 spiro atoms. The Morgan fingerprint density at radius 2 is 2.14 bits per heavy atom. The lowest BCUT2D eigenvalue weighted by Gasteiger charge is -2.50. The molecule has 2 bridgehead atoms. The predicted octanol–water partition coefficient (Wildman–Crippen LogP) is 4.46. The smallest absolute Gasteiger partial charge is 0.172 e. The lowest BCUT2D eigenvalue weighted by molar-refractivity contribution is -0.152. The second-order valence-corrected chi connectivity index (χ2v) is 7.74. The van der Waals surface area contributed by atoms with Gasteiger partial charge in [-0.15, -0.1) is 0 Å². The van der Waals surface area contributed by atoms with Crippen LogP contribution in [-0.2, 0) is 4.79 Å². The Labute approximate surface area is 135 Å². The second kappa shape index (κ2) is 6.16. The zero-order valence-electron chi connectivity index (χ0n) is 14.6. The molecule has 4 atom stereocenters. The summed E-state index contributed by atoms with van der Waals surface area (Å²) in [6.07, 6.45) is 7.16. The third-order valence-electron chi connectivity index (χ3n) is 5.38. The van der Waals surface area contributed by atoms with Gasteiger partial charge in [-0.2, -0.15) is 0 Å². The molecule has 1 saturated carbocycles. The Morgan fingerprint density at radius 1 is 1.50 bits per heavy atom. The molecule has 0 heterocycles. The van der Waals surface area contributed by atoms with E-state index < -0.39 is 5.60 Å². The van der Waals surface area contributed by atoms with Gasteiger partial charge in [0.2, 0.25) is 0 Å². The summed E-state index contributed by atoms with van der Waals surface area (Å²) in [6, 6.07) is 0. The highest BCUT2D eigenvalue weighted by Crippen LogP contribution is 2.51. The predicted molar refractivity (Wildman–Crippen MR) is 91.4 cm³/mol. The minimum atomic E-state index is -1.19. The van der Waals surface area contributed by atoms with E-state index in [4.69, 9.17) is 0 Å². The van der Waals surface area contributed by atoms with Crippen molar-refractivity contribution in [1.29, 1.82) is 0 Å². The number of allylic oxidation sites excluding steroid dienone is 4. The van der Waals surface area contributed by atoms with Crippen LogP contribution in [0.2, 0.25) is 0 Å². The van der Waals surface area contributed by atoms with Crippen LogP contribution in [0.3, 0.4) is 0 Å². The van der Waals surface area contributed by atoms with Gasteiger partial charge in [0.25, 0.3) is 0 Å². The van der Waals surface area contributed by atoms with Crippen molar-refractivity contribution in [3.63, 3.8) is 0 Å². The molecule has 0 aromatic rings. The van der Waals surface area contributed by atoms with E-state index in [1.165, 1.54) is 16.7 Å². The normalized spacial score (nSPS) is 33.9. The van der Waals surface area contributed by atoms with Crippen LogP contribution in [0.1, 0.15) is 53.9 Å². The average Bonchev–Trinajstić information content (AvgIpc) is 2.42. The summed E-state index contributed by atoms with van der Waals surface area (Å²) in [5.74, 6) is 0.321. The molecule has 0 saturated heterocycles. The molecule has 0 aromatic heterocycles. The molecule has 2 nitrogen and oxygen atoms in total. The minimum absolute atomic E-state index is 0.00307. The number of fused-ring (bicyclic) bond motifs is 2. The zero-order valence-corrected chi connectivity index (χ0v) is 14.6. The quantitative estimate of drug-likeness (QED) is 0.761. The van der Waals surface area contributed by atoms with Gasteiger partial charge in [-0.05, 0) is 51.9 Å². The van der Waals surface area contributed by atoms with Crippen molar-refractivity contribution in [3.05, 3.63) is 35.5 Å². The Hall–Kier alpha value is -1.15. The van der Waals surface area contributed by atoms with Crippen molar-refractivity contribution >= 4 is 5.78 Å². The van der Waals surface area contributed by atoms with Crippen LogP contribution in [0.25, 0.3) is 0 Å². The van der Waals surface area contributed by atoms with Crippen LogP contribution in [0.5, 0.6) is 0 Å². The number of aliphatic hydroxyl groups is 1. The van der Waals surface area contributed by atoms with E-state index in [0.717, 1.165) is 19.3 Å². The summed E-state index contributed by atoms with van der Waals surface area (Å²) in [7, 11) is 0. The standard InChI is InChI=1S/C20H30O2/c1-12(2)8-7-9-14(5)17-11-15-10-16(13(3)4)18(17)19(21)20(15,6)22/h8,10,13,15,17-18,22H,5,7,9,11H2,1-4,6H3/t15-,17-,18+,20-/m1/s1. The summed E-state index contributed by atoms with van der Waals surface area (Å²) < 4.78 is 0. The SMILES string of the molecule is C=C(CCC=C(C)C)[C@H]1C[C@H]2C=C(C(C)C)[C@@H]1C(=O)[C@]2(C)O. The highest BCUT2D eigenvalue weighted by atomic mass is 16.3. The molecule has 0 amide bonds. The maximum Gasteiger partial charge on any atom is 0.172 e. The van der Waals surface area contributed by atoms with E-state index >= 15 is 0 Å². The van der Waals surface area contributed by atoms with Crippen molar-refractivity contribution in [2.24, 2.45) is 23.7 Å². The molecular weight excluding hydrogens is 272 g/mol. The summed E-state index contributed by atoms with van der Waals surface area (Å²) >= 11 is 0. The molecule has 122 valence electrons. The van der Waals surface area contributed by atoms with Gasteiger partial charge in [0.15, 0.2) is 5.78 Å². The zero-order chi connectivity index (χ0) is 16.7. The third kappa shape index (κ3) is 2.99. The van der Waals surface area contributed by atoms with Crippen LogP contribution >= 0.6 is 0 Å². The largest absolute Gasteiger partial charge is 0.382 e. The fourth-order valence-corrected chi connectivity index (χ4v) is 3.95. The van der Waals surface area contributed by atoms with Gasteiger partial charge in [0, 0.05) is 11.8 Å². The van der Waals surface area contributed by atoms with Crippen LogP contribution < -0.4 is 0 Å². The van der Waals surface area contributed by atoms with Crippen molar-refractivity contribution in [2.75, 3.05) is 0 Å². The lowest BCUT2D eigenvalue weighted by Crippen LogP contribution is -2.57. The fraction of sp³-hybridized carbons (Fsp3) is 0.650. The van der Waals surface area contributed by atoms with Crippen LogP contribution in [-0.4, -0.2) is 16.5 Å². The first kappa shape index (κ1) is 17.2. The highest BCUT2D eigenvalue weighted by Gasteiger charge is 2.55. The Morgan fingerprint density at radius 3 is 2.64 bits per heavy atom. The van der Waals surface area contributed by atoms with E-state index in [1.54, 1.807) is 6.92 Å². The topological polar surface area (TPSA) is 37.3 Å². The van der Waals surface area contributed by atoms with Crippen molar-refractivity contribution in [2.45, 2.75) is 59.5 Å². The summed E-state index contributed by atoms with van der Waals surface area (Å²) in [5, 5.41) is 10.5. The number of carbonyl (C=O) groups is 1. The Balaban J connectivity index is 2.22. The van der Waals surface area contributed by atoms with Crippen LogP contribution in [0.4, 0.5) is 0 Å². The molecule has 3 rings (SSSR count). The molecule has 1 N–H and O–H groups in total. The van der Waals surface area contributed by atoms with Crippen molar-refractivity contribution in [1.82, 2.24) is 0 Å². The molecule has 1 fully saturated rings. The number of Topliss-reactive ketones (excluding diaryl/α,β-unsaturated/α-hetero) is 1. The van der Waals surface area contributed by atoms with E-state index in [9.17, 15) is 9.90 Å². The second-order valence-electron chi connectivity index (χ2n) is 7.74. The summed E-state index contributed by atoms with van der Waals surface area (Å²) in [6.45, 7) is 14.4. The fourth-order valence-electron chi connectivity index (χ4n) is 3.95. The Kier molecular flexibility index (Phi) is 4.81. The van der Waals surface area contributed by atoms with Gasteiger partial charge in [-0.1, -0.05) is 49.3 Å². The molecule has 0 aliphatic heterocycles. The molecule has 0 unspecified atom stereocenters. The number of rotatable bonds is 5. The van der Waals surface area contributed by atoms with Crippen LogP contribution in [0.15, 0.2) is 35.5 Å². The molecule has 2 heteroatoms. The molecule has 3 aliphatic carbocycles. The van der Waals surface area contributed by atoms with E-state index in [0.29, 0.717) is 5.92 Å². The average molecular weight is 302 g/mol. The maximum atomic E-state index is 12.8. The van der Waals surface area contributed by atoms with E-state index in [-0.39, 0.29) is 23.5 Å². The minimum Gasteiger partial charge on any atom is -0.382 e. The monoisotopic (exact) mass is 302 g/mol. The first-order valence-electron chi connectivity index (χ1n) is 8.45. The van der Waals surface area contributed by atoms with Gasteiger partial charge < -0.3 is 5.11 Å². The van der Waals surface area contributed by atoms with Gasteiger partial charge in [0.05, 0.1) is 0 Å². The van der Waals surface area contributed by atoms with E-state index in [2.05, 4.69) is 46.4 Å². The molecular formula is C20H30O2.